The molecule has 1 aromatic rings. The van der Waals surface area contributed by atoms with Crippen LogP contribution in [0.3, 0.4) is 0 Å². The number of aliphatic hydroxyl groups excluding tert-OH is 1. The van der Waals surface area contributed by atoms with Crippen molar-refractivity contribution in [3.8, 4) is 0 Å². The van der Waals surface area contributed by atoms with Crippen LogP contribution in [0.15, 0.2) is 30.3 Å². The van der Waals surface area contributed by atoms with Crippen molar-refractivity contribution in [2.75, 3.05) is 32.8 Å². The monoisotopic (exact) mass is 277 g/mol. The van der Waals surface area contributed by atoms with Gasteiger partial charge in [0.25, 0.3) is 0 Å². The third-order valence-electron chi connectivity index (χ3n) is 4.29. The van der Waals surface area contributed by atoms with Crippen molar-refractivity contribution in [3.05, 3.63) is 35.9 Å². The topological polar surface area (TPSA) is 61.5 Å². The van der Waals surface area contributed by atoms with E-state index in [1.54, 1.807) is 0 Å². The van der Waals surface area contributed by atoms with Gasteiger partial charge in [-0.1, -0.05) is 30.3 Å². The van der Waals surface area contributed by atoms with Gasteiger partial charge in [-0.15, -0.1) is 0 Å². The second kappa shape index (κ2) is 7.74. The van der Waals surface area contributed by atoms with Gasteiger partial charge in [0.1, 0.15) is 0 Å². The molecule has 4 N–H and O–H groups in total. The Kier molecular flexibility index (Phi) is 5.98. The first-order chi connectivity index (χ1) is 9.78. The van der Waals surface area contributed by atoms with Gasteiger partial charge in [-0.05, 0) is 31.4 Å². The number of benzene rings is 1. The number of aliphatic hydroxyl groups is 1. The van der Waals surface area contributed by atoms with Gasteiger partial charge in [0.2, 0.25) is 0 Å². The highest BCUT2D eigenvalue weighted by Gasteiger charge is 2.32. The van der Waals surface area contributed by atoms with Crippen molar-refractivity contribution < 1.29 is 5.11 Å². The number of rotatable bonds is 7. The van der Waals surface area contributed by atoms with Gasteiger partial charge in [-0.3, -0.25) is 4.90 Å². The maximum Gasteiger partial charge on any atom is 0.0443 e. The molecule has 1 aromatic carbocycles. The zero-order valence-corrected chi connectivity index (χ0v) is 12.2. The van der Waals surface area contributed by atoms with E-state index >= 15 is 0 Å². The maximum atomic E-state index is 8.88. The number of nitrogens with one attached hydrogen (secondary N) is 1. The molecule has 4 heteroatoms. The summed E-state index contributed by atoms with van der Waals surface area (Å²) in [6.07, 6.45) is 2.97. The Hall–Kier alpha value is -0.940. The largest absolute Gasteiger partial charge is 0.396 e. The zero-order chi connectivity index (χ0) is 14.3. The second-order valence-electron chi connectivity index (χ2n) is 5.75. The highest BCUT2D eigenvalue weighted by molar-refractivity contribution is 5.14. The summed E-state index contributed by atoms with van der Waals surface area (Å²) < 4.78 is 0. The lowest BCUT2D eigenvalue weighted by Gasteiger charge is -2.42. The van der Waals surface area contributed by atoms with Gasteiger partial charge in [-0.25, -0.2) is 0 Å². The van der Waals surface area contributed by atoms with Crippen molar-refractivity contribution in [3.63, 3.8) is 0 Å². The van der Waals surface area contributed by atoms with Gasteiger partial charge in [-0.2, -0.15) is 0 Å². The second-order valence-corrected chi connectivity index (χ2v) is 5.75. The normalized spacial score (nSPS) is 19.1. The van der Waals surface area contributed by atoms with E-state index in [9.17, 15) is 0 Å². The highest BCUT2D eigenvalue weighted by atomic mass is 16.3. The summed E-state index contributed by atoms with van der Waals surface area (Å²) in [6.45, 7) is 4.96. The molecule has 0 bridgehead atoms. The third-order valence-corrected chi connectivity index (χ3v) is 4.29. The van der Waals surface area contributed by atoms with Crippen LogP contribution >= 0.6 is 0 Å². The van der Waals surface area contributed by atoms with Crippen molar-refractivity contribution >= 4 is 0 Å². The minimum atomic E-state index is 0.0718. The molecule has 0 atom stereocenters. The van der Waals surface area contributed by atoms with E-state index < -0.39 is 0 Å². The molecule has 1 heterocycles. The number of nitrogens with zero attached hydrogens (tertiary/aromatic N) is 1. The Morgan fingerprint density at radius 3 is 2.50 bits per heavy atom. The van der Waals surface area contributed by atoms with Crippen molar-refractivity contribution in [1.29, 1.82) is 0 Å². The summed E-state index contributed by atoms with van der Waals surface area (Å²) in [5, 5.41) is 12.4. The molecule has 0 spiro atoms. The zero-order valence-electron chi connectivity index (χ0n) is 12.2. The summed E-state index contributed by atoms with van der Waals surface area (Å²) in [7, 11) is 0. The minimum Gasteiger partial charge on any atom is -0.396 e. The molecule has 4 nitrogen and oxygen atoms in total. The van der Waals surface area contributed by atoms with E-state index in [0.29, 0.717) is 6.54 Å². The molecule has 1 saturated heterocycles. The van der Waals surface area contributed by atoms with Gasteiger partial charge in [0.05, 0.1) is 0 Å². The molecule has 0 aliphatic carbocycles. The fourth-order valence-corrected chi connectivity index (χ4v) is 2.87. The highest BCUT2D eigenvalue weighted by Crippen LogP contribution is 2.22. The quantitative estimate of drug-likeness (QED) is 0.650. The summed E-state index contributed by atoms with van der Waals surface area (Å²) >= 11 is 0. The van der Waals surface area contributed by atoms with Crippen LogP contribution in [0.1, 0.15) is 24.8 Å². The van der Waals surface area contributed by atoms with Crippen LogP contribution in [0.2, 0.25) is 0 Å². The number of piperidine rings is 1. The van der Waals surface area contributed by atoms with Crippen LogP contribution in [0, 0.1) is 0 Å². The van der Waals surface area contributed by atoms with E-state index in [0.717, 1.165) is 45.4 Å². The Bertz CT molecular complexity index is 375. The maximum absolute atomic E-state index is 8.88. The lowest BCUT2D eigenvalue weighted by molar-refractivity contribution is 0.131. The van der Waals surface area contributed by atoms with Crippen LogP contribution in [-0.2, 0) is 6.54 Å². The molecule has 0 aromatic heterocycles. The van der Waals surface area contributed by atoms with Crippen LogP contribution < -0.4 is 11.1 Å². The molecule has 20 heavy (non-hydrogen) atoms. The number of hydrogen-bond acceptors (Lipinski definition) is 4. The summed E-state index contributed by atoms with van der Waals surface area (Å²) in [6, 6.07) is 10.6. The minimum absolute atomic E-state index is 0.0718. The predicted molar refractivity (Wildman–Crippen MR) is 82.4 cm³/mol. The molecular weight excluding hydrogens is 250 g/mol. The molecule has 0 unspecified atom stereocenters. The smallest absolute Gasteiger partial charge is 0.0443 e. The molecular formula is C16H27N3O. The van der Waals surface area contributed by atoms with Crippen LogP contribution in [0.5, 0.6) is 0 Å². The Balaban J connectivity index is 1.81. The molecule has 0 radical (unpaired) electrons. The average Bonchev–Trinajstić information content (AvgIpc) is 2.51. The Morgan fingerprint density at radius 1 is 1.20 bits per heavy atom. The molecule has 1 aliphatic heterocycles. The van der Waals surface area contributed by atoms with Crippen LogP contribution in [0.25, 0.3) is 0 Å². The van der Waals surface area contributed by atoms with Gasteiger partial charge < -0.3 is 16.2 Å². The fourth-order valence-electron chi connectivity index (χ4n) is 2.87. The third kappa shape index (κ3) is 4.28. The van der Waals surface area contributed by atoms with Crippen molar-refractivity contribution in [1.82, 2.24) is 10.2 Å². The summed E-state index contributed by atoms with van der Waals surface area (Å²) in [5.74, 6) is 0. The van der Waals surface area contributed by atoms with Gasteiger partial charge in [0.15, 0.2) is 0 Å². The van der Waals surface area contributed by atoms with Crippen molar-refractivity contribution in [2.45, 2.75) is 31.3 Å². The first-order valence-electron chi connectivity index (χ1n) is 7.60. The first kappa shape index (κ1) is 15.4. The summed E-state index contributed by atoms with van der Waals surface area (Å²) in [5.41, 5.74) is 7.42. The predicted octanol–water partition coefficient (Wildman–Crippen LogP) is 0.952. The first-order valence-corrected chi connectivity index (χ1v) is 7.60. The average molecular weight is 277 g/mol. The molecule has 0 saturated carbocycles. The Morgan fingerprint density at radius 2 is 1.90 bits per heavy atom. The molecule has 2 rings (SSSR count). The van der Waals surface area contributed by atoms with Crippen molar-refractivity contribution in [2.24, 2.45) is 5.73 Å². The molecule has 112 valence electrons. The van der Waals surface area contributed by atoms with E-state index in [1.807, 2.05) is 0 Å². The fraction of sp³-hybridized carbons (Fsp3) is 0.625. The van der Waals surface area contributed by atoms with Gasteiger partial charge >= 0.3 is 0 Å². The van der Waals surface area contributed by atoms with E-state index in [1.165, 1.54) is 5.56 Å². The summed E-state index contributed by atoms with van der Waals surface area (Å²) in [4.78, 5) is 2.50. The lowest BCUT2D eigenvalue weighted by atomic mass is 9.87. The number of likely N-dealkylation sites (tertiary alicyclic amines) is 1. The van der Waals surface area contributed by atoms with Crippen LogP contribution in [-0.4, -0.2) is 48.3 Å². The number of nitrogens with two attached hydrogens (primary N) is 1. The standard InChI is InChI=1S/C16H27N3O/c17-14-16(18-9-4-12-20)7-10-19(11-8-16)13-15-5-2-1-3-6-15/h1-3,5-6,18,20H,4,7-14,17H2. The molecule has 0 amide bonds. The van der Waals surface area contributed by atoms with E-state index in [4.69, 9.17) is 10.8 Å². The van der Waals surface area contributed by atoms with E-state index in [-0.39, 0.29) is 12.1 Å². The Labute approximate surface area is 122 Å². The van der Waals surface area contributed by atoms with Crippen LogP contribution in [0.4, 0.5) is 0 Å². The molecule has 1 fully saturated rings. The van der Waals surface area contributed by atoms with E-state index in [2.05, 4.69) is 40.5 Å². The SMILES string of the molecule is NCC1(NCCCO)CCN(Cc2ccccc2)CC1. The molecule has 1 aliphatic rings. The number of hydrogen-bond donors (Lipinski definition) is 3. The van der Waals surface area contributed by atoms with Gasteiger partial charge in [0, 0.05) is 38.3 Å². The lowest BCUT2D eigenvalue weighted by Crippen LogP contribution is -2.57.